The van der Waals surface area contributed by atoms with E-state index in [1.54, 1.807) is 6.92 Å². The molecule has 0 aromatic rings. The van der Waals surface area contributed by atoms with Crippen molar-refractivity contribution in [2.45, 2.75) is 13.3 Å². The van der Waals surface area contributed by atoms with Gasteiger partial charge in [0, 0.05) is 6.42 Å². The Bertz CT molecular complexity index is 96.4. The maximum Gasteiger partial charge on any atom is 0.303 e. The van der Waals surface area contributed by atoms with Crippen LogP contribution in [0.1, 0.15) is 13.3 Å². The van der Waals surface area contributed by atoms with Gasteiger partial charge in [0.2, 0.25) is 0 Å². The molecule has 0 fully saturated rings. The summed E-state index contributed by atoms with van der Waals surface area (Å²) < 4.78 is 22.8. The Labute approximate surface area is 54.8 Å². The molecule has 9 heavy (non-hydrogen) atoms. The molecule has 0 saturated carbocycles. The van der Waals surface area contributed by atoms with E-state index in [0.29, 0.717) is 0 Å². The van der Waals surface area contributed by atoms with Crippen LogP contribution >= 0.6 is 0 Å². The molecule has 0 aliphatic heterocycles. The molecule has 5 nitrogen and oxygen atoms in total. The van der Waals surface area contributed by atoms with E-state index < -0.39 is 17.3 Å². The van der Waals surface area contributed by atoms with Gasteiger partial charge in [-0.05, 0) is 0 Å². The fraction of sp³-hybridized carbons (Fsp3) is 0.667. The van der Waals surface area contributed by atoms with Crippen LogP contribution < -0.4 is 0 Å². The number of hydrogen-bond acceptors (Lipinski definition) is 2. The van der Waals surface area contributed by atoms with Gasteiger partial charge >= 0.3 is 5.97 Å². The van der Waals surface area contributed by atoms with Gasteiger partial charge in [0.25, 0.3) is 11.4 Å². The molecule has 3 N–H and O–H groups in total. The lowest BCUT2D eigenvalue weighted by atomic mass is 10.5. The third-order valence-corrected chi connectivity index (χ3v) is 0.302. The van der Waals surface area contributed by atoms with Crippen molar-refractivity contribution in [1.82, 2.24) is 0 Å². The van der Waals surface area contributed by atoms with Crippen LogP contribution in [0.15, 0.2) is 0 Å². The summed E-state index contributed by atoms with van der Waals surface area (Å²) in [6.45, 7) is 1.60. The Morgan fingerprint density at radius 3 is 1.67 bits per heavy atom. The lowest BCUT2D eigenvalue weighted by Crippen LogP contribution is -1.86. The third kappa shape index (κ3) is 97.6. The van der Waals surface area contributed by atoms with Crippen molar-refractivity contribution in [2.75, 3.05) is 0 Å². The van der Waals surface area contributed by atoms with E-state index in [4.69, 9.17) is 18.4 Å². The smallest absolute Gasteiger partial charge is 0.303 e. The fourth-order valence-electron chi connectivity index (χ4n) is 0. The highest BCUT2D eigenvalue weighted by Crippen LogP contribution is 1.67. The largest absolute Gasteiger partial charge is 0.481 e. The zero-order chi connectivity index (χ0) is 7.86. The second-order valence-electron chi connectivity index (χ2n) is 0.978. The second kappa shape index (κ2) is 7.54. The normalized spacial score (nSPS) is 8.00. The summed E-state index contributed by atoms with van der Waals surface area (Å²) in [5.41, 5.74) is 0. The van der Waals surface area contributed by atoms with Crippen molar-refractivity contribution in [3.05, 3.63) is 0 Å². The van der Waals surface area contributed by atoms with Gasteiger partial charge in [0.05, 0.1) is 0 Å². The first kappa shape index (κ1) is 11.4. The molecule has 56 valence electrons. The summed E-state index contributed by atoms with van der Waals surface area (Å²) >= 11 is -2.61. The van der Waals surface area contributed by atoms with Gasteiger partial charge in [0.1, 0.15) is 0 Å². The number of carbonyl (C=O) groups is 1. The van der Waals surface area contributed by atoms with Crippen molar-refractivity contribution < 1.29 is 23.2 Å². The molecule has 0 rings (SSSR count). The van der Waals surface area contributed by atoms with Gasteiger partial charge in [0.15, 0.2) is 0 Å². The average Bonchev–Trinajstić information content (AvgIpc) is 1.65. The molecule has 0 aliphatic carbocycles. The molecule has 0 spiro atoms. The maximum atomic E-state index is 9.37. The van der Waals surface area contributed by atoms with E-state index in [1.807, 2.05) is 0 Å². The Morgan fingerprint density at radius 1 is 1.56 bits per heavy atom. The standard InChI is InChI=1S/C3H6O2.H2O3S/c1-2-3(4)5;1-4(2)3/h2H2,1H3,(H,4,5);(H2,1,2,3). The topological polar surface area (TPSA) is 94.8 Å². The Morgan fingerprint density at radius 2 is 1.67 bits per heavy atom. The molecule has 0 aromatic carbocycles. The summed E-state index contributed by atoms with van der Waals surface area (Å²) in [7, 11) is 0. The number of carboxylic acid groups (broad SMARTS) is 1. The summed E-state index contributed by atoms with van der Waals surface area (Å²) in [6, 6.07) is 0. The van der Waals surface area contributed by atoms with Crippen LogP contribution in [0.5, 0.6) is 0 Å². The zero-order valence-corrected chi connectivity index (χ0v) is 5.59. The molecule has 6 heteroatoms. The van der Waals surface area contributed by atoms with E-state index in [2.05, 4.69) is 0 Å². The molecule has 0 atom stereocenters. The fourth-order valence-corrected chi connectivity index (χ4v) is 0. The monoisotopic (exact) mass is 156 g/mol. The summed E-state index contributed by atoms with van der Waals surface area (Å²) in [4.78, 5) is 9.37. The Hall–Kier alpha value is -0.460. The minimum absolute atomic E-state index is 0.222. The van der Waals surface area contributed by atoms with Crippen molar-refractivity contribution >= 4 is 17.3 Å². The third-order valence-electron chi connectivity index (χ3n) is 0.302. The Kier molecular flexibility index (Phi) is 9.51. The Balaban J connectivity index is 0. The first-order valence-electron chi connectivity index (χ1n) is 2.02. The highest BCUT2D eigenvalue weighted by Gasteiger charge is 1.80. The lowest BCUT2D eigenvalue weighted by molar-refractivity contribution is -0.136. The zero-order valence-electron chi connectivity index (χ0n) is 4.77. The molecule has 0 bridgehead atoms. The highest BCUT2D eigenvalue weighted by molar-refractivity contribution is 7.73. The molecule has 0 unspecified atom stereocenters. The maximum absolute atomic E-state index is 9.37. The van der Waals surface area contributed by atoms with Crippen LogP contribution in [0.3, 0.4) is 0 Å². The number of rotatable bonds is 1. The highest BCUT2D eigenvalue weighted by atomic mass is 32.2. The van der Waals surface area contributed by atoms with Crippen LogP contribution in [0.25, 0.3) is 0 Å². The van der Waals surface area contributed by atoms with Gasteiger partial charge in [-0.25, -0.2) is 0 Å². The van der Waals surface area contributed by atoms with Gasteiger partial charge < -0.3 is 5.11 Å². The van der Waals surface area contributed by atoms with Crippen LogP contribution in [0.4, 0.5) is 0 Å². The van der Waals surface area contributed by atoms with E-state index in [-0.39, 0.29) is 6.42 Å². The van der Waals surface area contributed by atoms with Crippen LogP contribution in [0, 0.1) is 0 Å². The lowest BCUT2D eigenvalue weighted by Gasteiger charge is -1.71. The molecule has 0 saturated heterocycles. The predicted octanol–water partition coefficient (Wildman–Crippen LogP) is 0.162. The van der Waals surface area contributed by atoms with Gasteiger partial charge in [-0.1, -0.05) is 6.92 Å². The number of hydrogen-bond donors (Lipinski definition) is 3. The van der Waals surface area contributed by atoms with E-state index in [9.17, 15) is 4.79 Å². The van der Waals surface area contributed by atoms with E-state index in [1.165, 1.54) is 0 Å². The number of aliphatic carboxylic acids is 1. The molecular formula is C3H8O5S. The van der Waals surface area contributed by atoms with Gasteiger partial charge in [-0.15, -0.1) is 0 Å². The van der Waals surface area contributed by atoms with Crippen molar-refractivity contribution in [3.63, 3.8) is 0 Å². The van der Waals surface area contributed by atoms with Gasteiger partial charge in [-0.2, -0.15) is 4.21 Å². The summed E-state index contributed by atoms with van der Waals surface area (Å²) in [5, 5.41) is 7.72. The van der Waals surface area contributed by atoms with E-state index in [0.717, 1.165) is 0 Å². The first-order chi connectivity index (χ1) is 4.00. The molecule has 0 aliphatic rings. The summed E-state index contributed by atoms with van der Waals surface area (Å²) in [6.07, 6.45) is 0.222. The van der Waals surface area contributed by atoms with Crippen LogP contribution in [0.2, 0.25) is 0 Å². The molecule has 0 amide bonds. The van der Waals surface area contributed by atoms with Crippen LogP contribution in [-0.4, -0.2) is 24.4 Å². The van der Waals surface area contributed by atoms with E-state index >= 15 is 0 Å². The molecule has 0 aromatic heterocycles. The summed E-state index contributed by atoms with van der Waals surface area (Å²) in [5.74, 6) is -0.745. The second-order valence-corrected chi connectivity index (χ2v) is 1.44. The van der Waals surface area contributed by atoms with Crippen LogP contribution in [-0.2, 0) is 16.2 Å². The minimum Gasteiger partial charge on any atom is -0.481 e. The minimum atomic E-state index is -2.61. The molecule has 0 heterocycles. The van der Waals surface area contributed by atoms with Crippen molar-refractivity contribution in [2.24, 2.45) is 0 Å². The van der Waals surface area contributed by atoms with Gasteiger partial charge in [-0.3, -0.25) is 13.9 Å². The predicted molar refractivity (Wildman–Crippen MR) is 31.3 cm³/mol. The number of carboxylic acids is 1. The van der Waals surface area contributed by atoms with Crippen molar-refractivity contribution in [1.29, 1.82) is 0 Å². The SMILES string of the molecule is CCC(=O)O.O=S(O)O. The quantitative estimate of drug-likeness (QED) is 0.470. The average molecular weight is 156 g/mol. The van der Waals surface area contributed by atoms with Crippen molar-refractivity contribution in [3.8, 4) is 0 Å². The first-order valence-corrected chi connectivity index (χ1v) is 3.08. The molecule has 0 radical (unpaired) electrons. The molecular weight excluding hydrogens is 148 g/mol.